The molecule has 2 atom stereocenters. The van der Waals surface area contributed by atoms with Crippen molar-refractivity contribution >= 4 is 5.91 Å². The fraction of sp³-hybridized carbons (Fsp3) is 0.733. The summed E-state index contributed by atoms with van der Waals surface area (Å²) < 4.78 is 5.40. The van der Waals surface area contributed by atoms with Crippen LogP contribution in [0.1, 0.15) is 47.5 Å². The lowest BCUT2D eigenvalue weighted by Crippen LogP contribution is -2.54. The summed E-state index contributed by atoms with van der Waals surface area (Å²) in [4.78, 5) is 17.3. The number of hydrogen-bond donors (Lipinski definition) is 0. The molecule has 1 amide bonds. The van der Waals surface area contributed by atoms with E-state index in [0.717, 1.165) is 62.9 Å². The Morgan fingerprint density at radius 3 is 2.65 bits per heavy atom. The first kappa shape index (κ1) is 12.4. The topological polar surface area (TPSA) is 49.6 Å². The van der Waals surface area contributed by atoms with Crippen molar-refractivity contribution in [3.05, 3.63) is 17.0 Å². The number of aromatic nitrogens is 1. The molecule has 1 aromatic rings. The molecule has 4 rings (SSSR count). The first-order valence-electron chi connectivity index (χ1n) is 7.72. The average molecular weight is 275 g/mol. The van der Waals surface area contributed by atoms with Gasteiger partial charge in [0, 0.05) is 37.2 Å². The highest BCUT2D eigenvalue weighted by molar-refractivity contribution is 5.94. The maximum atomic E-state index is 12.9. The number of rotatable bonds is 1. The molecule has 3 aliphatic rings. The van der Waals surface area contributed by atoms with Crippen molar-refractivity contribution in [3.63, 3.8) is 0 Å². The van der Waals surface area contributed by atoms with Crippen molar-refractivity contribution in [1.82, 2.24) is 15.0 Å². The zero-order valence-electron chi connectivity index (χ0n) is 12.0. The third-order valence-corrected chi connectivity index (χ3v) is 5.05. The highest BCUT2D eigenvalue weighted by atomic mass is 16.5. The highest BCUT2D eigenvalue weighted by Crippen LogP contribution is 2.33. The molecule has 0 N–H and O–H groups in total. The van der Waals surface area contributed by atoms with Crippen LogP contribution in [0.2, 0.25) is 0 Å². The van der Waals surface area contributed by atoms with Gasteiger partial charge in [-0.1, -0.05) is 5.16 Å². The molecular weight excluding hydrogens is 254 g/mol. The number of piperazine rings is 1. The summed E-state index contributed by atoms with van der Waals surface area (Å²) in [6, 6.07) is 0.726. The Morgan fingerprint density at radius 1 is 1.20 bits per heavy atom. The molecule has 3 heterocycles. The van der Waals surface area contributed by atoms with E-state index >= 15 is 0 Å². The van der Waals surface area contributed by atoms with E-state index < -0.39 is 0 Å². The van der Waals surface area contributed by atoms with E-state index in [9.17, 15) is 4.79 Å². The molecule has 5 heteroatoms. The van der Waals surface area contributed by atoms with Crippen LogP contribution in [-0.2, 0) is 12.8 Å². The van der Waals surface area contributed by atoms with Gasteiger partial charge in [-0.2, -0.15) is 0 Å². The molecular formula is C15H21N3O2. The smallest absolute Gasteiger partial charge is 0.276 e. The molecule has 2 fully saturated rings. The molecule has 0 unspecified atom stereocenters. The quantitative estimate of drug-likeness (QED) is 0.779. The Hall–Kier alpha value is -1.36. The fourth-order valence-corrected chi connectivity index (χ4v) is 4.12. The largest absolute Gasteiger partial charge is 0.360 e. The van der Waals surface area contributed by atoms with Crippen molar-refractivity contribution in [2.24, 2.45) is 0 Å². The van der Waals surface area contributed by atoms with E-state index in [2.05, 4.69) is 22.0 Å². The van der Waals surface area contributed by atoms with Crippen LogP contribution in [0.3, 0.4) is 0 Å². The number of carbonyl (C=O) groups is 1. The zero-order chi connectivity index (χ0) is 13.7. The van der Waals surface area contributed by atoms with Crippen molar-refractivity contribution in [2.75, 3.05) is 20.1 Å². The molecule has 0 aromatic carbocycles. The van der Waals surface area contributed by atoms with Gasteiger partial charge in [0.05, 0.1) is 0 Å². The third-order valence-electron chi connectivity index (χ3n) is 5.05. The second kappa shape index (κ2) is 4.58. The summed E-state index contributed by atoms with van der Waals surface area (Å²) >= 11 is 0. The van der Waals surface area contributed by atoms with Crippen molar-refractivity contribution in [2.45, 2.75) is 50.6 Å². The molecule has 108 valence electrons. The van der Waals surface area contributed by atoms with Crippen molar-refractivity contribution in [3.8, 4) is 0 Å². The van der Waals surface area contributed by atoms with Gasteiger partial charge in [-0.15, -0.1) is 0 Å². The van der Waals surface area contributed by atoms with Crippen LogP contribution in [0, 0.1) is 0 Å². The molecule has 2 aliphatic heterocycles. The monoisotopic (exact) mass is 275 g/mol. The molecule has 0 radical (unpaired) electrons. The molecule has 20 heavy (non-hydrogen) atoms. The Kier molecular flexibility index (Phi) is 2.84. The van der Waals surface area contributed by atoms with Gasteiger partial charge in [-0.3, -0.25) is 4.79 Å². The number of hydrogen-bond acceptors (Lipinski definition) is 4. The minimum absolute atomic E-state index is 0.109. The van der Waals surface area contributed by atoms with Crippen LogP contribution in [0.25, 0.3) is 0 Å². The Balaban J connectivity index is 1.63. The van der Waals surface area contributed by atoms with Crippen LogP contribution in [0.5, 0.6) is 0 Å². The number of aryl methyl sites for hydroxylation is 1. The summed E-state index contributed by atoms with van der Waals surface area (Å²) in [5.74, 6) is 1.05. The molecule has 2 bridgehead atoms. The van der Waals surface area contributed by atoms with Gasteiger partial charge >= 0.3 is 0 Å². The van der Waals surface area contributed by atoms with Crippen molar-refractivity contribution in [1.29, 1.82) is 0 Å². The maximum Gasteiger partial charge on any atom is 0.276 e. The van der Waals surface area contributed by atoms with Gasteiger partial charge in [-0.05, 0) is 39.2 Å². The van der Waals surface area contributed by atoms with Crippen LogP contribution in [-0.4, -0.2) is 53.1 Å². The normalized spacial score (nSPS) is 29.6. The second-order valence-electron chi connectivity index (χ2n) is 6.46. The minimum Gasteiger partial charge on any atom is -0.360 e. The fourth-order valence-electron chi connectivity index (χ4n) is 4.12. The van der Waals surface area contributed by atoms with Gasteiger partial charge in [0.1, 0.15) is 5.76 Å². The van der Waals surface area contributed by atoms with Gasteiger partial charge in [0.25, 0.3) is 5.91 Å². The number of fused-ring (bicyclic) bond motifs is 3. The number of amides is 1. The van der Waals surface area contributed by atoms with E-state index in [-0.39, 0.29) is 5.91 Å². The third kappa shape index (κ3) is 1.79. The summed E-state index contributed by atoms with van der Waals surface area (Å²) in [5, 5.41) is 4.11. The lowest BCUT2D eigenvalue weighted by Gasteiger charge is -2.39. The van der Waals surface area contributed by atoms with Crippen LogP contribution in [0.4, 0.5) is 0 Å². The molecule has 0 spiro atoms. The van der Waals surface area contributed by atoms with E-state index in [1.807, 2.05) is 0 Å². The van der Waals surface area contributed by atoms with Crippen molar-refractivity contribution < 1.29 is 9.32 Å². The number of carbonyl (C=O) groups excluding carboxylic acids is 1. The Morgan fingerprint density at radius 2 is 1.90 bits per heavy atom. The maximum absolute atomic E-state index is 12.9. The lowest BCUT2D eigenvalue weighted by atomic mass is 9.96. The van der Waals surface area contributed by atoms with Crippen LogP contribution < -0.4 is 0 Å². The van der Waals surface area contributed by atoms with E-state index in [0.29, 0.717) is 17.8 Å². The summed E-state index contributed by atoms with van der Waals surface area (Å²) in [6.07, 6.45) is 6.43. The molecule has 1 aliphatic carbocycles. The van der Waals surface area contributed by atoms with Gasteiger partial charge in [-0.25, -0.2) is 0 Å². The standard InChI is InChI=1S/C15H21N3O2/c1-17-8-10-6-7-11(9-17)18(10)15(19)14-12-4-2-3-5-13(12)20-16-14/h10-11H,2-9H2,1H3/t10-,11+. The average Bonchev–Trinajstić information content (AvgIpc) is 2.98. The first-order chi connectivity index (χ1) is 9.74. The van der Waals surface area contributed by atoms with Gasteiger partial charge in [0.2, 0.25) is 0 Å². The van der Waals surface area contributed by atoms with Crippen LogP contribution >= 0.6 is 0 Å². The second-order valence-corrected chi connectivity index (χ2v) is 6.46. The molecule has 5 nitrogen and oxygen atoms in total. The molecule has 0 saturated carbocycles. The predicted molar refractivity (Wildman–Crippen MR) is 73.6 cm³/mol. The number of likely N-dealkylation sites (N-methyl/N-ethyl adjacent to an activating group) is 1. The molecule has 1 aromatic heterocycles. The van der Waals surface area contributed by atoms with Crippen LogP contribution in [0.15, 0.2) is 4.52 Å². The van der Waals surface area contributed by atoms with Gasteiger partial charge < -0.3 is 14.3 Å². The van der Waals surface area contributed by atoms with E-state index in [1.165, 1.54) is 0 Å². The van der Waals surface area contributed by atoms with E-state index in [1.54, 1.807) is 0 Å². The summed E-state index contributed by atoms with van der Waals surface area (Å²) in [7, 11) is 2.14. The lowest BCUT2D eigenvalue weighted by molar-refractivity contribution is 0.0462. The zero-order valence-corrected chi connectivity index (χ0v) is 12.0. The minimum atomic E-state index is 0.109. The Bertz CT molecular complexity index is 525. The number of likely N-dealkylation sites (tertiary alicyclic amines) is 1. The summed E-state index contributed by atoms with van der Waals surface area (Å²) in [6.45, 7) is 1.98. The number of nitrogens with zero attached hydrogens (tertiary/aromatic N) is 3. The Labute approximate surface area is 118 Å². The highest BCUT2D eigenvalue weighted by Gasteiger charge is 2.43. The first-order valence-corrected chi connectivity index (χ1v) is 7.72. The molecule has 2 saturated heterocycles. The van der Waals surface area contributed by atoms with Gasteiger partial charge in [0.15, 0.2) is 5.69 Å². The SMILES string of the molecule is CN1C[C@H]2CC[C@@H](C1)N2C(=O)c1noc2c1CCCC2. The van der Waals surface area contributed by atoms with E-state index in [4.69, 9.17) is 4.52 Å². The summed E-state index contributed by atoms with van der Waals surface area (Å²) in [5.41, 5.74) is 1.68. The predicted octanol–water partition coefficient (Wildman–Crippen LogP) is 1.47.